The number of carbonyl (C=O) groups is 2. The van der Waals surface area contributed by atoms with Crippen LogP contribution < -0.4 is 20.9 Å². The maximum absolute atomic E-state index is 13.1. The highest BCUT2D eigenvalue weighted by Gasteiger charge is 2.43. The number of para-hydroxylation sites is 1. The Labute approximate surface area is 172 Å². The van der Waals surface area contributed by atoms with Gasteiger partial charge in [0.25, 0.3) is 5.91 Å². The van der Waals surface area contributed by atoms with E-state index in [0.717, 1.165) is 18.4 Å². The van der Waals surface area contributed by atoms with Crippen molar-refractivity contribution < 1.29 is 24.2 Å². The fourth-order valence-electron chi connectivity index (χ4n) is 4.04. The van der Waals surface area contributed by atoms with Gasteiger partial charge in [0, 0.05) is 25.9 Å². The van der Waals surface area contributed by atoms with Crippen molar-refractivity contribution >= 4 is 23.6 Å². The van der Waals surface area contributed by atoms with Gasteiger partial charge in [-0.05, 0) is 25.0 Å². The molecule has 0 saturated carbocycles. The fraction of sp³-hybridized carbons (Fsp3) is 0.400. The van der Waals surface area contributed by atoms with Crippen molar-refractivity contribution in [2.24, 2.45) is 0 Å². The maximum Gasteiger partial charge on any atom is 0.341 e. The standard InChI is InChI=1S/C20H23N5O5/c21-16-13-10-20(30-17(13)24-19(22)23-16)6-3-8-25(9-7-20)18(28)12-4-1-2-5-14(12)29-11-15(26)27/h1-2,4-5H,3,6-11H2,(H,26,27)(H4,21,22,23,24)/t20-/m0/s1. The van der Waals surface area contributed by atoms with Crippen LogP contribution in [0.5, 0.6) is 11.6 Å². The molecule has 2 aromatic rings. The molecule has 158 valence electrons. The van der Waals surface area contributed by atoms with Crippen LogP contribution in [-0.4, -0.2) is 57.1 Å². The number of benzene rings is 1. The maximum atomic E-state index is 13.1. The van der Waals surface area contributed by atoms with Gasteiger partial charge in [-0.1, -0.05) is 12.1 Å². The molecule has 1 fully saturated rings. The molecule has 4 rings (SSSR count). The topological polar surface area (TPSA) is 154 Å². The zero-order chi connectivity index (χ0) is 21.3. The first kappa shape index (κ1) is 19.7. The van der Waals surface area contributed by atoms with E-state index in [4.69, 9.17) is 26.0 Å². The van der Waals surface area contributed by atoms with Crippen molar-refractivity contribution in [2.75, 3.05) is 31.2 Å². The van der Waals surface area contributed by atoms with E-state index in [1.165, 1.54) is 0 Å². The lowest BCUT2D eigenvalue weighted by atomic mass is 9.90. The highest BCUT2D eigenvalue weighted by molar-refractivity contribution is 5.97. The molecule has 0 bridgehead atoms. The van der Waals surface area contributed by atoms with Crippen molar-refractivity contribution in [3.05, 3.63) is 35.4 Å². The van der Waals surface area contributed by atoms with Crippen LogP contribution in [0.3, 0.4) is 0 Å². The van der Waals surface area contributed by atoms with Gasteiger partial charge in [-0.3, -0.25) is 4.79 Å². The van der Waals surface area contributed by atoms with Gasteiger partial charge in [-0.2, -0.15) is 9.97 Å². The fourth-order valence-corrected chi connectivity index (χ4v) is 4.04. The van der Waals surface area contributed by atoms with E-state index in [0.29, 0.717) is 43.2 Å². The number of nitrogens with two attached hydrogens (primary N) is 2. The number of rotatable bonds is 4. The summed E-state index contributed by atoms with van der Waals surface area (Å²) >= 11 is 0. The molecule has 30 heavy (non-hydrogen) atoms. The number of amides is 1. The summed E-state index contributed by atoms with van der Waals surface area (Å²) in [6, 6.07) is 6.66. The second-order valence-corrected chi connectivity index (χ2v) is 7.54. The molecule has 1 amide bonds. The van der Waals surface area contributed by atoms with Crippen molar-refractivity contribution in [2.45, 2.75) is 31.3 Å². The number of aromatic nitrogens is 2. The van der Waals surface area contributed by atoms with Crippen LogP contribution in [0.15, 0.2) is 24.3 Å². The molecule has 2 aliphatic rings. The van der Waals surface area contributed by atoms with Gasteiger partial charge in [-0.25, -0.2) is 4.79 Å². The summed E-state index contributed by atoms with van der Waals surface area (Å²) in [6.45, 7) is 0.519. The third-order valence-corrected chi connectivity index (χ3v) is 5.48. The molecule has 1 spiro atoms. The number of carboxylic acid groups (broad SMARTS) is 1. The number of ether oxygens (including phenoxy) is 2. The molecule has 1 saturated heterocycles. The molecule has 2 aliphatic heterocycles. The van der Waals surface area contributed by atoms with E-state index in [2.05, 4.69) is 9.97 Å². The second-order valence-electron chi connectivity index (χ2n) is 7.54. The Morgan fingerprint density at radius 3 is 2.80 bits per heavy atom. The molecule has 10 heteroatoms. The Balaban J connectivity index is 1.49. The predicted molar refractivity (Wildman–Crippen MR) is 107 cm³/mol. The summed E-state index contributed by atoms with van der Waals surface area (Å²) in [5, 5.41) is 8.86. The van der Waals surface area contributed by atoms with Crippen LogP contribution in [0.25, 0.3) is 0 Å². The van der Waals surface area contributed by atoms with Crippen LogP contribution in [0.1, 0.15) is 35.2 Å². The SMILES string of the molecule is Nc1nc(N)c2c(n1)O[C@]1(CCCN(C(=O)c3ccccc3OCC(=O)O)CC1)C2. The minimum Gasteiger partial charge on any atom is -0.481 e. The number of carbonyl (C=O) groups excluding carboxylic acids is 1. The largest absolute Gasteiger partial charge is 0.481 e. The molecule has 0 unspecified atom stereocenters. The number of hydrogen-bond donors (Lipinski definition) is 3. The number of nitrogens with zero attached hydrogens (tertiary/aromatic N) is 3. The number of nitrogen functional groups attached to an aromatic ring is 2. The van der Waals surface area contributed by atoms with Gasteiger partial charge in [-0.15, -0.1) is 0 Å². The quantitative estimate of drug-likeness (QED) is 0.668. The van der Waals surface area contributed by atoms with Crippen molar-refractivity contribution in [1.82, 2.24) is 14.9 Å². The van der Waals surface area contributed by atoms with Crippen LogP contribution in [0, 0.1) is 0 Å². The number of hydrogen-bond acceptors (Lipinski definition) is 8. The number of aliphatic carboxylic acids is 1. The Morgan fingerprint density at radius 2 is 2.00 bits per heavy atom. The highest BCUT2D eigenvalue weighted by atomic mass is 16.5. The number of carboxylic acids is 1. The van der Waals surface area contributed by atoms with Gasteiger partial charge in [0.05, 0.1) is 11.1 Å². The smallest absolute Gasteiger partial charge is 0.341 e. The van der Waals surface area contributed by atoms with E-state index in [1.807, 2.05) is 0 Å². The normalized spacial score (nSPS) is 20.3. The molecule has 1 aromatic heterocycles. The van der Waals surface area contributed by atoms with E-state index < -0.39 is 18.2 Å². The molecule has 5 N–H and O–H groups in total. The van der Waals surface area contributed by atoms with E-state index in [9.17, 15) is 9.59 Å². The Morgan fingerprint density at radius 1 is 1.20 bits per heavy atom. The van der Waals surface area contributed by atoms with Gasteiger partial charge in [0.2, 0.25) is 11.8 Å². The lowest BCUT2D eigenvalue weighted by Gasteiger charge is -2.27. The minimum atomic E-state index is -1.10. The third-order valence-electron chi connectivity index (χ3n) is 5.48. The molecule has 1 atom stereocenters. The van der Waals surface area contributed by atoms with Gasteiger partial charge in [0.1, 0.15) is 17.2 Å². The van der Waals surface area contributed by atoms with Crippen LogP contribution >= 0.6 is 0 Å². The zero-order valence-electron chi connectivity index (χ0n) is 16.3. The zero-order valence-corrected chi connectivity index (χ0v) is 16.3. The van der Waals surface area contributed by atoms with E-state index >= 15 is 0 Å². The molecular formula is C20H23N5O5. The van der Waals surface area contributed by atoms with Crippen LogP contribution in [0.4, 0.5) is 11.8 Å². The van der Waals surface area contributed by atoms with Crippen molar-refractivity contribution in [1.29, 1.82) is 0 Å². The monoisotopic (exact) mass is 413 g/mol. The summed E-state index contributed by atoms with van der Waals surface area (Å²) < 4.78 is 11.4. The summed E-state index contributed by atoms with van der Waals surface area (Å²) in [4.78, 5) is 33.9. The first-order chi connectivity index (χ1) is 14.4. The Hall–Kier alpha value is -3.56. The summed E-state index contributed by atoms with van der Waals surface area (Å²) in [7, 11) is 0. The summed E-state index contributed by atoms with van der Waals surface area (Å²) in [6.07, 6.45) is 2.66. The predicted octanol–water partition coefficient (Wildman–Crippen LogP) is 1.10. The van der Waals surface area contributed by atoms with Gasteiger partial charge >= 0.3 is 5.97 Å². The Bertz CT molecular complexity index is 998. The van der Waals surface area contributed by atoms with Crippen LogP contribution in [-0.2, 0) is 11.2 Å². The molecule has 0 aliphatic carbocycles. The third kappa shape index (κ3) is 3.80. The van der Waals surface area contributed by atoms with Gasteiger partial charge in [0.15, 0.2) is 6.61 Å². The molecule has 1 aromatic carbocycles. The molecular weight excluding hydrogens is 390 g/mol. The number of fused-ring (bicyclic) bond motifs is 1. The number of likely N-dealkylation sites (tertiary alicyclic amines) is 1. The lowest BCUT2D eigenvalue weighted by Crippen LogP contribution is -2.37. The average Bonchev–Trinajstić information content (AvgIpc) is 2.94. The Kier molecular flexibility index (Phi) is 5.06. The second kappa shape index (κ2) is 7.69. The van der Waals surface area contributed by atoms with Crippen molar-refractivity contribution in [3.8, 4) is 11.6 Å². The first-order valence-corrected chi connectivity index (χ1v) is 9.71. The van der Waals surface area contributed by atoms with E-state index in [1.54, 1.807) is 29.2 Å². The number of anilines is 2. The minimum absolute atomic E-state index is 0.0756. The molecule has 10 nitrogen and oxygen atoms in total. The van der Waals surface area contributed by atoms with Crippen molar-refractivity contribution in [3.63, 3.8) is 0 Å². The molecule has 0 radical (unpaired) electrons. The lowest BCUT2D eigenvalue weighted by molar-refractivity contribution is -0.139. The summed E-state index contributed by atoms with van der Waals surface area (Å²) in [5.41, 5.74) is 12.3. The average molecular weight is 413 g/mol. The summed E-state index contributed by atoms with van der Waals surface area (Å²) in [5.74, 6) is -0.219. The first-order valence-electron chi connectivity index (χ1n) is 9.71. The highest BCUT2D eigenvalue weighted by Crippen LogP contribution is 2.42. The van der Waals surface area contributed by atoms with E-state index in [-0.39, 0.29) is 17.6 Å². The molecule has 3 heterocycles. The van der Waals surface area contributed by atoms with Crippen LogP contribution in [0.2, 0.25) is 0 Å². The van der Waals surface area contributed by atoms with Gasteiger partial charge < -0.3 is 30.9 Å².